The van der Waals surface area contributed by atoms with Gasteiger partial charge in [-0.25, -0.2) is 4.79 Å². The minimum atomic E-state index is -0.591. The molecule has 1 aliphatic rings. The number of H-pyrrole nitrogens is 1. The summed E-state index contributed by atoms with van der Waals surface area (Å²) < 4.78 is 1.20. The summed E-state index contributed by atoms with van der Waals surface area (Å²) in [7, 11) is 0. The number of hydrogen-bond donors (Lipinski definition) is 3. The van der Waals surface area contributed by atoms with Crippen molar-refractivity contribution in [2.75, 3.05) is 6.54 Å². The second kappa shape index (κ2) is 7.02. The van der Waals surface area contributed by atoms with Crippen LogP contribution < -0.4 is 21.9 Å². The number of aryl methyl sites for hydroxylation is 2. The molecule has 132 valence electrons. The number of nitrogens with zero attached hydrogens (tertiary/aromatic N) is 2. The second-order valence-electron chi connectivity index (χ2n) is 6.23. The molecule has 1 aliphatic heterocycles. The lowest BCUT2D eigenvalue weighted by atomic mass is 9.96. The third-order valence-corrected chi connectivity index (χ3v) is 4.44. The molecule has 3 heterocycles. The Morgan fingerprint density at radius 1 is 1.36 bits per heavy atom. The van der Waals surface area contributed by atoms with Crippen molar-refractivity contribution < 1.29 is 4.79 Å². The Bertz CT molecular complexity index is 929. The van der Waals surface area contributed by atoms with E-state index in [4.69, 9.17) is 0 Å². The van der Waals surface area contributed by atoms with Crippen molar-refractivity contribution in [3.8, 4) is 0 Å². The number of pyridine rings is 1. The summed E-state index contributed by atoms with van der Waals surface area (Å²) in [5.41, 5.74) is 3.70. The van der Waals surface area contributed by atoms with Crippen molar-refractivity contribution in [1.29, 1.82) is 0 Å². The first kappa shape index (κ1) is 17.1. The Morgan fingerprint density at radius 2 is 2.16 bits per heavy atom. The molecule has 8 nitrogen and oxygen atoms in total. The smallest absolute Gasteiger partial charge is 0.328 e. The predicted octanol–water partition coefficient (Wildman–Crippen LogP) is -0.489. The largest absolute Gasteiger partial charge is 0.350 e. The lowest BCUT2D eigenvalue weighted by molar-refractivity contribution is -0.121. The van der Waals surface area contributed by atoms with Crippen molar-refractivity contribution >= 4 is 5.91 Å². The molecule has 3 N–H and O–H groups in total. The number of carbonyl (C=O) groups is 1. The molecule has 25 heavy (non-hydrogen) atoms. The molecule has 0 aromatic carbocycles. The van der Waals surface area contributed by atoms with E-state index in [-0.39, 0.29) is 12.5 Å². The van der Waals surface area contributed by atoms with Gasteiger partial charge in [-0.2, -0.15) is 0 Å². The minimum absolute atomic E-state index is 0.139. The van der Waals surface area contributed by atoms with Gasteiger partial charge in [0.1, 0.15) is 6.54 Å². The van der Waals surface area contributed by atoms with Gasteiger partial charge in [-0.05, 0) is 43.5 Å². The summed E-state index contributed by atoms with van der Waals surface area (Å²) in [6.45, 7) is 5.45. The van der Waals surface area contributed by atoms with Crippen LogP contribution in [0, 0.1) is 13.8 Å². The highest BCUT2D eigenvalue weighted by atomic mass is 16.2. The molecule has 2 aromatic heterocycles. The second-order valence-corrected chi connectivity index (χ2v) is 6.23. The van der Waals surface area contributed by atoms with E-state index in [0.717, 1.165) is 36.3 Å². The van der Waals surface area contributed by atoms with Crippen molar-refractivity contribution in [2.24, 2.45) is 0 Å². The van der Waals surface area contributed by atoms with Crippen LogP contribution in [0.3, 0.4) is 0 Å². The number of rotatable bonds is 4. The molecule has 0 fully saturated rings. The van der Waals surface area contributed by atoms with Gasteiger partial charge in [0.15, 0.2) is 0 Å². The molecule has 0 saturated carbocycles. The highest BCUT2D eigenvalue weighted by molar-refractivity contribution is 5.75. The van der Waals surface area contributed by atoms with Gasteiger partial charge in [-0.3, -0.25) is 24.1 Å². The van der Waals surface area contributed by atoms with E-state index in [2.05, 4.69) is 20.6 Å². The Morgan fingerprint density at radius 3 is 2.96 bits per heavy atom. The van der Waals surface area contributed by atoms with Crippen molar-refractivity contribution in [3.05, 3.63) is 61.2 Å². The normalized spacial score (nSPS) is 13.4. The molecule has 0 saturated heterocycles. The topological polar surface area (TPSA) is 109 Å². The number of fused-ring (bicyclic) bond motifs is 1. The van der Waals surface area contributed by atoms with Gasteiger partial charge < -0.3 is 10.6 Å². The van der Waals surface area contributed by atoms with E-state index in [1.807, 2.05) is 13.1 Å². The van der Waals surface area contributed by atoms with Crippen LogP contribution in [0.25, 0.3) is 0 Å². The fourth-order valence-electron chi connectivity index (χ4n) is 3.01. The molecular weight excluding hydrogens is 322 g/mol. The zero-order valence-electron chi connectivity index (χ0n) is 14.3. The fourth-order valence-corrected chi connectivity index (χ4v) is 3.01. The summed E-state index contributed by atoms with van der Waals surface area (Å²) in [6.07, 6.45) is 4.18. The van der Waals surface area contributed by atoms with Crippen LogP contribution in [0.15, 0.2) is 22.0 Å². The average molecular weight is 343 g/mol. The van der Waals surface area contributed by atoms with Gasteiger partial charge >= 0.3 is 5.69 Å². The number of hydrogen-bond acceptors (Lipinski definition) is 5. The molecule has 8 heteroatoms. The number of aromatic nitrogens is 3. The van der Waals surface area contributed by atoms with Crippen LogP contribution in [0.5, 0.6) is 0 Å². The summed E-state index contributed by atoms with van der Waals surface area (Å²) in [4.78, 5) is 42.0. The first-order valence-electron chi connectivity index (χ1n) is 8.19. The summed E-state index contributed by atoms with van der Waals surface area (Å²) in [5, 5.41) is 6.16. The number of nitrogens with one attached hydrogen (secondary N) is 3. The average Bonchev–Trinajstić information content (AvgIpc) is 2.59. The molecule has 0 radical (unpaired) electrons. The van der Waals surface area contributed by atoms with Gasteiger partial charge in [0.2, 0.25) is 5.91 Å². The van der Waals surface area contributed by atoms with E-state index >= 15 is 0 Å². The maximum Gasteiger partial charge on any atom is 0.328 e. The van der Waals surface area contributed by atoms with Crippen molar-refractivity contribution in [1.82, 2.24) is 25.2 Å². The van der Waals surface area contributed by atoms with E-state index in [1.54, 1.807) is 6.92 Å². The maximum absolute atomic E-state index is 12.2. The third kappa shape index (κ3) is 3.69. The quantitative estimate of drug-likeness (QED) is 0.694. The zero-order valence-corrected chi connectivity index (χ0v) is 14.3. The van der Waals surface area contributed by atoms with Crippen LogP contribution in [-0.2, 0) is 30.8 Å². The van der Waals surface area contributed by atoms with Gasteiger partial charge in [0.05, 0.1) is 0 Å². The summed E-state index contributed by atoms with van der Waals surface area (Å²) in [5.74, 6) is -0.292. The maximum atomic E-state index is 12.2. The van der Waals surface area contributed by atoms with Gasteiger partial charge in [-0.15, -0.1) is 0 Å². The lowest BCUT2D eigenvalue weighted by Gasteiger charge is -2.21. The number of aromatic amines is 1. The van der Waals surface area contributed by atoms with Crippen LogP contribution in [-0.4, -0.2) is 27.0 Å². The van der Waals surface area contributed by atoms with Crippen LogP contribution in [0.1, 0.15) is 27.9 Å². The Hall–Kier alpha value is -2.74. The molecule has 0 spiro atoms. The molecular formula is C17H21N5O3. The Labute approximate surface area is 144 Å². The van der Waals surface area contributed by atoms with Crippen LogP contribution >= 0.6 is 0 Å². The number of amides is 1. The Kier molecular flexibility index (Phi) is 4.80. The van der Waals surface area contributed by atoms with E-state index in [9.17, 15) is 14.4 Å². The fraction of sp³-hybridized carbons (Fsp3) is 0.412. The lowest BCUT2D eigenvalue weighted by Crippen LogP contribution is -2.36. The third-order valence-electron chi connectivity index (χ3n) is 4.44. The number of carbonyl (C=O) groups excluding carboxylic acids is 1. The SMILES string of the molecule is Cc1ncc2c(c1CNC(=O)Cn1cc(C)c(=O)[nH]c1=O)CCNC2. The van der Waals surface area contributed by atoms with Gasteiger partial charge in [0.25, 0.3) is 5.56 Å². The molecule has 0 aliphatic carbocycles. The van der Waals surface area contributed by atoms with Crippen LogP contribution in [0.2, 0.25) is 0 Å². The standard InChI is InChI=1S/C17H21N5O3/c1-10-8-22(17(25)21-16(10)24)9-15(23)20-7-14-11(2)19-6-12-5-18-4-3-13(12)14/h6,8,18H,3-5,7,9H2,1-2H3,(H,20,23)(H,21,24,25). The first-order valence-corrected chi connectivity index (χ1v) is 8.19. The predicted molar refractivity (Wildman–Crippen MR) is 92.3 cm³/mol. The van der Waals surface area contributed by atoms with E-state index in [1.165, 1.54) is 16.3 Å². The molecule has 1 amide bonds. The Balaban J connectivity index is 1.72. The molecule has 3 rings (SSSR count). The summed E-state index contributed by atoms with van der Waals surface area (Å²) in [6, 6.07) is 0. The minimum Gasteiger partial charge on any atom is -0.350 e. The molecule has 2 aromatic rings. The first-order chi connectivity index (χ1) is 12.0. The zero-order chi connectivity index (χ0) is 18.0. The van der Waals surface area contributed by atoms with E-state index in [0.29, 0.717) is 12.1 Å². The monoisotopic (exact) mass is 343 g/mol. The van der Waals surface area contributed by atoms with Crippen molar-refractivity contribution in [2.45, 2.75) is 39.9 Å². The van der Waals surface area contributed by atoms with E-state index < -0.39 is 11.2 Å². The molecule has 0 atom stereocenters. The van der Waals surface area contributed by atoms with Gasteiger partial charge in [-0.1, -0.05) is 0 Å². The highest BCUT2D eigenvalue weighted by Crippen LogP contribution is 2.20. The van der Waals surface area contributed by atoms with Gasteiger partial charge in [0, 0.05) is 36.7 Å². The summed E-state index contributed by atoms with van der Waals surface area (Å²) >= 11 is 0. The van der Waals surface area contributed by atoms with Crippen molar-refractivity contribution in [3.63, 3.8) is 0 Å². The molecule has 0 bridgehead atoms. The van der Waals surface area contributed by atoms with Crippen LogP contribution in [0.4, 0.5) is 0 Å². The molecule has 0 unspecified atom stereocenters. The highest BCUT2D eigenvalue weighted by Gasteiger charge is 2.16.